The van der Waals surface area contributed by atoms with Crippen LogP contribution in [0.5, 0.6) is 17.4 Å². The normalized spacial score (nSPS) is 10.8. The lowest BCUT2D eigenvalue weighted by Gasteiger charge is -2.12. The molecule has 1 aromatic heterocycles. The maximum absolute atomic E-state index is 12.3. The number of methoxy groups -OCH3 is 1. The van der Waals surface area contributed by atoms with Gasteiger partial charge in [0, 0.05) is 18.5 Å². The van der Waals surface area contributed by atoms with Gasteiger partial charge >= 0.3 is 0 Å². The number of hydrogen-bond donors (Lipinski definition) is 1. The SMILES string of the molecule is COc1ccc(-n2nc(C)c(CCC(=O)NCC(C)C)c2Oc2ccccc2)cc1. The number of ether oxygens (including phenoxy) is 2. The van der Waals surface area contributed by atoms with Gasteiger partial charge in [-0.25, -0.2) is 4.68 Å². The minimum Gasteiger partial charge on any atom is -0.497 e. The maximum Gasteiger partial charge on any atom is 0.226 e. The Morgan fingerprint density at radius 2 is 1.77 bits per heavy atom. The van der Waals surface area contributed by atoms with Crippen LogP contribution in [0.25, 0.3) is 5.69 Å². The highest BCUT2D eigenvalue weighted by Crippen LogP contribution is 2.32. The summed E-state index contributed by atoms with van der Waals surface area (Å²) in [6.07, 6.45) is 0.932. The molecular formula is C24H29N3O3. The van der Waals surface area contributed by atoms with Gasteiger partial charge in [0.25, 0.3) is 0 Å². The molecule has 6 nitrogen and oxygen atoms in total. The third-order valence-corrected chi connectivity index (χ3v) is 4.72. The molecule has 1 N–H and O–H groups in total. The Bertz CT molecular complexity index is 963. The summed E-state index contributed by atoms with van der Waals surface area (Å²) in [5, 5.41) is 7.68. The average Bonchev–Trinajstić information content (AvgIpc) is 3.06. The first-order valence-corrected chi connectivity index (χ1v) is 10.2. The second-order valence-electron chi connectivity index (χ2n) is 7.59. The van der Waals surface area contributed by atoms with E-state index in [0.717, 1.165) is 28.4 Å². The number of carbonyl (C=O) groups is 1. The predicted octanol–water partition coefficient (Wildman–Crippen LogP) is 4.69. The lowest BCUT2D eigenvalue weighted by molar-refractivity contribution is -0.121. The van der Waals surface area contributed by atoms with E-state index in [2.05, 4.69) is 19.2 Å². The first-order valence-electron chi connectivity index (χ1n) is 10.2. The zero-order chi connectivity index (χ0) is 21.5. The number of aryl methyl sites for hydroxylation is 1. The fraction of sp³-hybridized carbons (Fsp3) is 0.333. The molecule has 0 saturated carbocycles. The molecule has 0 unspecified atom stereocenters. The first-order chi connectivity index (χ1) is 14.5. The van der Waals surface area contributed by atoms with Crippen molar-refractivity contribution in [2.24, 2.45) is 5.92 Å². The highest BCUT2D eigenvalue weighted by molar-refractivity contribution is 5.76. The average molecular weight is 408 g/mol. The van der Waals surface area contributed by atoms with E-state index < -0.39 is 0 Å². The lowest BCUT2D eigenvalue weighted by Crippen LogP contribution is -2.27. The van der Waals surface area contributed by atoms with E-state index in [1.807, 2.05) is 61.5 Å². The van der Waals surface area contributed by atoms with Crippen LogP contribution in [-0.4, -0.2) is 29.3 Å². The molecule has 0 aliphatic carbocycles. The molecule has 6 heteroatoms. The number of amides is 1. The van der Waals surface area contributed by atoms with Gasteiger partial charge in [-0.3, -0.25) is 4.79 Å². The van der Waals surface area contributed by atoms with E-state index in [4.69, 9.17) is 14.6 Å². The van der Waals surface area contributed by atoms with Crippen molar-refractivity contribution in [2.75, 3.05) is 13.7 Å². The van der Waals surface area contributed by atoms with Gasteiger partial charge < -0.3 is 14.8 Å². The maximum atomic E-state index is 12.3. The Morgan fingerprint density at radius 1 is 1.07 bits per heavy atom. The quantitative estimate of drug-likeness (QED) is 0.559. The van der Waals surface area contributed by atoms with Gasteiger partial charge in [0.1, 0.15) is 11.5 Å². The molecule has 0 spiro atoms. The van der Waals surface area contributed by atoms with Crippen molar-refractivity contribution in [3.63, 3.8) is 0 Å². The number of nitrogens with one attached hydrogen (secondary N) is 1. The number of hydrogen-bond acceptors (Lipinski definition) is 4. The molecule has 1 amide bonds. The van der Waals surface area contributed by atoms with Gasteiger partial charge in [0.05, 0.1) is 18.5 Å². The van der Waals surface area contributed by atoms with Crippen molar-refractivity contribution in [3.05, 3.63) is 65.9 Å². The van der Waals surface area contributed by atoms with Crippen molar-refractivity contribution in [3.8, 4) is 23.1 Å². The van der Waals surface area contributed by atoms with Crippen LogP contribution in [0.2, 0.25) is 0 Å². The monoisotopic (exact) mass is 407 g/mol. The van der Waals surface area contributed by atoms with Crippen LogP contribution >= 0.6 is 0 Å². The topological polar surface area (TPSA) is 65.4 Å². The van der Waals surface area contributed by atoms with Crippen molar-refractivity contribution in [1.29, 1.82) is 0 Å². The molecule has 30 heavy (non-hydrogen) atoms. The highest BCUT2D eigenvalue weighted by atomic mass is 16.5. The highest BCUT2D eigenvalue weighted by Gasteiger charge is 2.20. The van der Waals surface area contributed by atoms with Gasteiger partial charge in [0.15, 0.2) is 0 Å². The molecule has 0 fully saturated rings. The zero-order valence-electron chi connectivity index (χ0n) is 18.0. The largest absolute Gasteiger partial charge is 0.497 e. The number of carbonyl (C=O) groups excluding carboxylic acids is 1. The smallest absolute Gasteiger partial charge is 0.226 e. The number of nitrogens with zero attached hydrogens (tertiary/aromatic N) is 2. The Balaban J connectivity index is 1.90. The molecule has 0 bridgehead atoms. The minimum atomic E-state index is 0.0333. The van der Waals surface area contributed by atoms with Crippen molar-refractivity contribution in [2.45, 2.75) is 33.6 Å². The number of rotatable bonds is 9. The molecule has 3 aromatic rings. The lowest BCUT2D eigenvalue weighted by atomic mass is 10.1. The van der Waals surface area contributed by atoms with Crippen LogP contribution in [0, 0.1) is 12.8 Å². The van der Waals surface area contributed by atoms with Crippen LogP contribution in [0.1, 0.15) is 31.5 Å². The van der Waals surface area contributed by atoms with Crippen LogP contribution in [0.15, 0.2) is 54.6 Å². The van der Waals surface area contributed by atoms with Gasteiger partial charge in [-0.2, -0.15) is 5.10 Å². The van der Waals surface area contributed by atoms with E-state index in [-0.39, 0.29) is 5.91 Å². The summed E-state index contributed by atoms with van der Waals surface area (Å²) in [6.45, 7) is 6.78. The van der Waals surface area contributed by atoms with Crippen LogP contribution < -0.4 is 14.8 Å². The van der Waals surface area contributed by atoms with Crippen molar-refractivity contribution >= 4 is 5.91 Å². The summed E-state index contributed by atoms with van der Waals surface area (Å²) in [5.41, 5.74) is 2.63. The van der Waals surface area contributed by atoms with Gasteiger partial charge in [-0.1, -0.05) is 32.0 Å². The molecule has 158 valence electrons. The fourth-order valence-electron chi connectivity index (χ4n) is 3.07. The molecule has 0 aliphatic rings. The van der Waals surface area contributed by atoms with E-state index in [1.54, 1.807) is 11.8 Å². The number of aromatic nitrogens is 2. The molecule has 0 radical (unpaired) electrons. The van der Waals surface area contributed by atoms with Gasteiger partial charge in [-0.15, -0.1) is 0 Å². The summed E-state index contributed by atoms with van der Waals surface area (Å²) in [7, 11) is 1.64. The van der Waals surface area contributed by atoms with Gasteiger partial charge in [-0.05, 0) is 55.7 Å². The summed E-state index contributed by atoms with van der Waals surface area (Å²) in [6, 6.07) is 17.2. The summed E-state index contributed by atoms with van der Waals surface area (Å²) >= 11 is 0. The number of para-hydroxylation sites is 1. The molecule has 1 heterocycles. The molecule has 0 atom stereocenters. The van der Waals surface area contributed by atoms with Crippen molar-refractivity contribution < 1.29 is 14.3 Å². The van der Waals surface area contributed by atoms with Crippen LogP contribution in [0.3, 0.4) is 0 Å². The second-order valence-corrected chi connectivity index (χ2v) is 7.59. The second kappa shape index (κ2) is 9.96. The van der Waals surface area contributed by atoms with Gasteiger partial charge in [0.2, 0.25) is 11.8 Å². The van der Waals surface area contributed by atoms with E-state index in [0.29, 0.717) is 31.2 Å². The van der Waals surface area contributed by atoms with E-state index in [9.17, 15) is 4.79 Å². The molecule has 0 aliphatic heterocycles. The van der Waals surface area contributed by atoms with Crippen molar-refractivity contribution in [1.82, 2.24) is 15.1 Å². The molecule has 0 saturated heterocycles. The van der Waals surface area contributed by atoms with E-state index in [1.165, 1.54) is 0 Å². The standard InChI is InChI=1S/C24H29N3O3/c1-17(2)16-25-23(28)15-14-22-18(3)26-27(19-10-12-20(29-4)13-11-19)24(22)30-21-8-6-5-7-9-21/h5-13,17H,14-16H2,1-4H3,(H,25,28). The third-order valence-electron chi connectivity index (χ3n) is 4.72. The Morgan fingerprint density at radius 3 is 2.40 bits per heavy atom. The summed E-state index contributed by atoms with van der Waals surface area (Å²) < 4.78 is 13.3. The Hall–Kier alpha value is -3.28. The Kier molecular flexibility index (Phi) is 7.12. The van der Waals surface area contributed by atoms with Crippen LogP contribution in [-0.2, 0) is 11.2 Å². The molecular weight excluding hydrogens is 378 g/mol. The first kappa shape index (κ1) is 21.4. The summed E-state index contributed by atoms with van der Waals surface area (Å²) in [5.74, 6) is 2.57. The Labute approximate surface area is 177 Å². The molecule has 2 aromatic carbocycles. The number of benzene rings is 2. The van der Waals surface area contributed by atoms with Crippen LogP contribution in [0.4, 0.5) is 0 Å². The summed E-state index contributed by atoms with van der Waals surface area (Å²) in [4.78, 5) is 12.3. The molecule has 3 rings (SSSR count). The minimum absolute atomic E-state index is 0.0333. The third kappa shape index (κ3) is 5.41. The fourth-order valence-corrected chi connectivity index (χ4v) is 3.07. The predicted molar refractivity (Wildman–Crippen MR) is 118 cm³/mol. The van der Waals surface area contributed by atoms with E-state index >= 15 is 0 Å². The zero-order valence-corrected chi connectivity index (χ0v) is 18.0.